The highest BCUT2D eigenvalue weighted by atomic mass is 79.9. The van der Waals surface area contributed by atoms with Gasteiger partial charge in [0.05, 0.1) is 12.1 Å². The molecule has 0 spiro atoms. The fourth-order valence-electron chi connectivity index (χ4n) is 1.70. The summed E-state index contributed by atoms with van der Waals surface area (Å²) in [5.74, 6) is -0.149. The Balaban J connectivity index is 2.03. The number of hydrogen-bond acceptors (Lipinski definition) is 3. The van der Waals surface area contributed by atoms with Gasteiger partial charge in [0.2, 0.25) is 0 Å². The predicted molar refractivity (Wildman–Crippen MR) is 63.2 cm³/mol. The molecule has 0 aromatic carbocycles. The van der Waals surface area contributed by atoms with Crippen molar-refractivity contribution in [3.63, 3.8) is 0 Å². The Hall–Kier alpha value is -0.940. The molecular weight excluding hydrogens is 272 g/mol. The molecule has 0 saturated carbocycles. The van der Waals surface area contributed by atoms with Crippen LogP contribution < -0.4 is 5.32 Å². The Kier molecular flexibility index (Phi) is 3.56. The number of halogens is 1. The van der Waals surface area contributed by atoms with Crippen LogP contribution in [0.25, 0.3) is 0 Å². The summed E-state index contributed by atoms with van der Waals surface area (Å²) in [6.07, 6.45) is 0.942. The van der Waals surface area contributed by atoms with Crippen molar-refractivity contribution >= 4 is 21.8 Å². The van der Waals surface area contributed by atoms with Gasteiger partial charge in [-0.05, 0) is 41.4 Å². The van der Waals surface area contributed by atoms with E-state index in [-0.39, 0.29) is 18.1 Å². The van der Waals surface area contributed by atoms with Crippen molar-refractivity contribution in [1.29, 1.82) is 0 Å². The zero-order valence-corrected chi connectivity index (χ0v) is 10.5. The SMILES string of the molecule is CC1OCCC1NC(=O)c1cccc(Br)n1. The standard InChI is InChI=1S/C11H13BrN2O2/c1-7-8(5-6-16-7)14-11(15)9-3-2-4-10(12)13-9/h2-4,7-8H,5-6H2,1H3,(H,14,15). The molecule has 1 N–H and O–H groups in total. The summed E-state index contributed by atoms with van der Waals surface area (Å²) in [6.45, 7) is 2.67. The lowest BCUT2D eigenvalue weighted by Crippen LogP contribution is -2.39. The second-order valence-corrected chi connectivity index (χ2v) is 4.60. The lowest BCUT2D eigenvalue weighted by molar-refractivity contribution is 0.0861. The lowest BCUT2D eigenvalue weighted by Gasteiger charge is -2.15. The van der Waals surface area contributed by atoms with Crippen molar-refractivity contribution in [2.45, 2.75) is 25.5 Å². The smallest absolute Gasteiger partial charge is 0.270 e. The maximum Gasteiger partial charge on any atom is 0.270 e. The number of carbonyl (C=O) groups excluding carboxylic acids is 1. The van der Waals surface area contributed by atoms with Crippen LogP contribution >= 0.6 is 15.9 Å². The number of amides is 1. The largest absolute Gasteiger partial charge is 0.376 e. The summed E-state index contributed by atoms with van der Waals surface area (Å²) in [7, 11) is 0. The highest BCUT2D eigenvalue weighted by molar-refractivity contribution is 9.10. The molecular formula is C11H13BrN2O2. The Morgan fingerprint density at radius 2 is 2.44 bits per heavy atom. The monoisotopic (exact) mass is 284 g/mol. The fraction of sp³-hybridized carbons (Fsp3) is 0.455. The number of hydrogen-bond donors (Lipinski definition) is 1. The van der Waals surface area contributed by atoms with Gasteiger partial charge in [-0.3, -0.25) is 4.79 Å². The van der Waals surface area contributed by atoms with E-state index in [0.717, 1.165) is 6.42 Å². The van der Waals surface area contributed by atoms with Gasteiger partial charge in [0, 0.05) is 6.61 Å². The molecule has 0 bridgehead atoms. The Labute approximate surface area is 103 Å². The topological polar surface area (TPSA) is 51.2 Å². The molecule has 16 heavy (non-hydrogen) atoms. The first-order valence-corrected chi connectivity index (χ1v) is 6.01. The summed E-state index contributed by atoms with van der Waals surface area (Å²) in [6, 6.07) is 5.37. The predicted octanol–water partition coefficient (Wildman–Crippen LogP) is 1.75. The summed E-state index contributed by atoms with van der Waals surface area (Å²) >= 11 is 3.24. The minimum Gasteiger partial charge on any atom is -0.376 e. The summed E-state index contributed by atoms with van der Waals surface area (Å²) < 4.78 is 6.04. The maximum absolute atomic E-state index is 11.8. The molecule has 0 aliphatic carbocycles. The van der Waals surface area contributed by atoms with Crippen LogP contribution in [0.4, 0.5) is 0 Å². The molecule has 1 aliphatic heterocycles. The first-order valence-electron chi connectivity index (χ1n) is 5.22. The zero-order chi connectivity index (χ0) is 11.5. The molecule has 4 nitrogen and oxygen atoms in total. The minimum absolute atomic E-state index is 0.0797. The van der Waals surface area contributed by atoms with Gasteiger partial charge in [-0.2, -0.15) is 0 Å². The van der Waals surface area contributed by atoms with Gasteiger partial charge in [0.1, 0.15) is 10.3 Å². The van der Waals surface area contributed by atoms with Crippen molar-refractivity contribution in [2.75, 3.05) is 6.61 Å². The molecule has 1 aliphatic rings. The van der Waals surface area contributed by atoms with Gasteiger partial charge >= 0.3 is 0 Å². The number of ether oxygens (including phenoxy) is 1. The Morgan fingerprint density at radius 3 is 3.06 bits per heavy atom. The van der Waals surface area contributed by atoms with E-state index in [4.69, 9.17) is 4.74 Å². The quantitative estimate of drug-likeness (QED) is 0.842. The van der Waals surface area contributed by atoms with Crippen LogP contribution in [0.2, 0.25) is 0 Å². The van der Waals surface area contributed by atoms with Gasteiger partial charge < -0.3 is 10.1 Å². The van der Waals surface area contributed by atoms with E-state index in [1.807, 2.05) is 6.92 Å². The van der Waals surface area contributed by atoms with Crippen LogP contribution in [0.5, 0.6) is 0 Å². The van der Waals surface area contributed by atoms with E-state index < -0.39 is 0 Å². The highest BCUT2D eigenvalue weighted by Gasteiger charge is 2.26. The van der Waals surface area contributed by atoms with E-state index >= 15 is 0 Å². The molecule has 1 amide bonds. The second kappa shape index (κ2) is 4.93. The normalized spacial score (nSPS) is 24.4. The Morgan fingerprint density at radius 1 is 1.62 bits per heavy atom. The molecule has 1 aromatic heterocycles. The van der Waals surface area contributed by atoms with Crippen LogP contribution in [0.3, 0.4) is 0 Å². The minimum atomic E-state index is -0.149. The van der Waals surface area contributed by atoms with Gasteiger partial charge in [0.15, 0.2) is 0 Å². The van der Waals surface area contributed by atoms with Crippen molar-refractivity contribution < 1.29 is 9.53 Å². The Bertz CT molecular complexity index is 397. The third-order valence-corrected chi connectivity index (χ3v) is 3.08. The number of carbonyl (C=O) groups is 1. The summed E-state index contributed by atoms with van der Waals surface area (Å²) in [5.41, 5.74) is 0.425. The molecule has 86 valence electrons. The molecule has 2 rings (SSSR count). The van der Waals surface area contributed by atoms with Crippen molar-refractivity contribution in [3.8, 4) is 0 Å². The molecule has 5 heteroatoms. The molecule has 2 atom stereocenters. The molecule has 0 radical (unpaired) electrons. The van der Waals surface area contributed by atoms with Crippen LogP contribution in [0.1, 0.15) is 23.8 Å². The molecule has 2 heterocycles. The van der Waals surface area contributed by atoms with E-state index in [0.29, 0.717) is 16.9 Å². The molecule has 1 fully saturated rings. The van der Waals surface area contributed by atoms with Gasteiger partial charge in [-0.1, -0.05) is 6.07 Å². The van der Waals surface area contributed by atoms with Crippen LogP contribution in [0.15, 0.2) is 22.8 Å². The summed E-state index contributed by atoms with van der Waals surface area (Å²) in [5, 5.41) is 2.92. The van der Waals surface area contributed by atoms with Crippen LogP contribution in [0, 0.1) is 0 Å². The van der Waals surface area contributed by atoms with Crippen LogP contribution in [-0.4, -0.2) is 29.6 Å². The first kappa shape index (κ1) is 11.5. The van der Waals surface area contributed by atoms with E-state index in [9.17, 15) is 4.79 Å². The first-order chi connectivity index (χ1) is 7.66. The fourth-order valence-corrected chi connectivity index (χ4v) is 2.04. The van der Waals surface area contributed by atoms with E-state index in [1.165, 1.54) is 0 Å². The number of nitrogens with one attached hydrogen (secondary N) is 1. The second-order valence-electron chi connectivity index (χ2n) is 3.79. The van der Waals surface area contributed by atoms with Crippen LogP contribution in [-0.2, 0) is 4.74 Å². The van der Waals surface area contributed by atoms with Crippen molar-refractivity contribution in [1.82, 2.24) is 10.3 Å². The molecule has 2 unspecified atom stereocenters. The van der Waals surface area contributed by atoms with Gasteiger partial charge in [-0.25, -0.2) is 4.98 Å². The maximum atomic E-state index is 11.8. The van der Waals surface area contributed by atoms with Gasteiger partial charge in [-0.15, -0.1) is 0 Å². The molecule has 1 aromatic rings. The average molecular weight is 285 g/mol. The molecule has 1 saturated heterocycles. The number of nitrogens with zero attached hydrogens (tertiary/aromatic N) is 1. The summed E-state index contributed by atoms with van der Waals surface area (Å²) in [4.78, 5) is 16.0. The number of rotatable bonds is 2. The van der Waals surface area contributed by atoms with Crippen molar-refractivity contribution in [3.05, 3.63) is 28.5 Å². The highest BCUT2D eigenvalue weighted by Crippen LogP contribution is 2.13. The third kappa shape index (κ3) is 2.59. The van der Waals surface area contributed by atoms with E-state index in [2.05, 4.69) is 26.2 Å². The number of aromatic nitrogens is 1. The van der Waals surface area contributed by atoms with Gasteiger partial charge in [0.25, 0.3) is 5.91 Å². The third-order valence-electron chi connectivity index (χ3n) is 2.64. The van der Waals surface area contributed by atoms with Crippen molar-refractivity contribution in [2.24, 2.45) is 0 Å². The lowest BCUT2D eigenvalue weighted by atomic mass is 10.1. The van der Waals surface area contributed by atoms with E-state index in [1.54, 1.807) is 18.2 Å². The average Bonchev–Trinajstić information content (AvgIpc) is 2.64. The zero-order valence-electron chi connectivity index (χ0n) is 8.94. The number of pyridine rings is 1.